The van der Waals surface area contributed by atoms with Gasteiger partial charge in [0.15, 0.2) is 0 Å². The monoisotopic (exact) mass is 360 g/mol. The van der Waals surface area contributed by atoms with E-state index in [4.69, 9.17) is 14.2 Å². The Hall–Kier alpha value is -2.46. The molecular weight excluding hydrogens is 336 g/mol. The zero-order valence-corrected chi connectivity index (χ0v) is 15.4. The van der Waals surface area contributed by atoms with Gasteiger partial charge in [0, 0.05) is 0 Å². The maximum absolute atomic E-state index is 5.91. The van der Waals surface area contributed by atoms with Crippen LogP contribution in [0.5, 0.6) is 0 Å². The van der Waals surface area contributed by atoms with Crippen LogP contribution < -0.4 is 0 Å². The molecule has 27 heavy (non-hydrogen) atoms. The fourth-order valence-electron chi connectivity index (χ4n) is 3.29. The number of benzene rings is 3. The highest BCUT2D eigenvalue weighted by atomic mass is 16.5. The molecule has 3 aromatic carbocycles. The van der Waals surface area contributed by atoms with Gasteiger partial charge in [-0.2, -0.15) is 0 Å². The number of hydrogen-bond donors (Lipinski definition) is 0. The van der Waals surface area contributed by atoms with Crippen molar-refractivity contribution in [3.8, 4) is 0 Å². The lowest BCUT2D eigenvalue weighted by molar-refractivity contribution is 0.0993. The van der Waals surface area contributed by atoms with Crippen molar-refractivity contribution in [3.63, 3.8) is 0 Å². The van der Waals surface area contributed by atoms with Gasteiger partial charge in [-0.05, 0) is 33.4 Å². The molecule has 3 nitrogen and oxygen atoms in total. The molecule has 0 N–H and O–H groups in total. The van der Waals surface area contributed by atoms with E-state index in [1.54, 1.807) is 0 Å². The molecule has 4 rings (SSSR count). The molecule has 6 bridgehead atoms. The highest BCUT2D eigenvalue weighted by Crippen LogP contribution is 2.15. The van der Waals surface area contributed by atoms with E-state index in [1.165, 1.54) is 33.4 Å². The average Bonchev–Trinajstić information content (AvgIpc) is 2.69. The summed E-state index contributed by atoms with van der Waals surface area (Å²) in [6.45, 7) is 3.56. The minimum atomic E-state index is 0.594. The Morgan fingerprint density at radius 3 is 0.815 bits per heavy atom. The minimum absolute atomic E-state index is 0.594. The molecule has 0 amide bonds. The molecule has 138 valence electrons. The maximum Gasteiger partial charge on any atom is 0.0721 e. The van der Waals surface area contributed by atoms with Gasteiger partial charge in [0.1, 0.15) is 0 Å². The number of fused-ring (bicyclic) bond motifs is 6. The Labute approximate surface area is 160 Å². The third-order valence-electron chi connectivity index (χ3n) is 4.59. The average molecular weight is 360 g/mol. The summed E-state index contributed by atoms with van der Waals surface area (Å²) in [6.07, 6.45) is 0. The van der Waals surface area contributed by atoms with Crippen molar-refractivity contribution in [2.24, 2.45) is 0 Å². The van der Waals surface area contributed by atoms with E-state index < -0.39 is 0 Å². The Balaban J connectivity index is 1.54. The summed E-state index contributed by atoms with van der Waals surface area (Å²) in [7, 11) is 0. The van der Waals surface area contributed by atoms with E-state index in [1.807, 2.05) is 0 Å². The third-order valence-corrected chi connectivity index (χ3v) is 4.59. The molecule has 1 aliphatic heterocycles. The molecule has 0 saturated heterocycles. The van der Waals surface area contributed by atoms with Crippen molar-refractivity contribution >= 4 is 0 Å². The number of rotatable bonds is 0. The van der Waals surface area contributed by atoms with Gasteiger partial charge in [0.2, 0.25) is 0 Å². The molecular formula is C24H24O3. The summed E-state index contributed by atoms with van der Waals surface area (Å²) in [4.78, 5) is 0. The first-order valence-electron chi connectivity index (χ1n) is 9.32. The van der Waals surface area contributed by atoms with Crippen molar-refractivity contribution < 1.29 is 14.2 Å². The van der Waals surface area contributed by atoms with Crippen LogP contribution in [0, 0.1) is 0 Å². The molecule has 1 heterocycles. The predicted molar refractivity (Wildman–Crippen MR) is 105 cm³/mol. The van der Waals surface area contributed by atoms with Crippen LogP contribution in [0.1, 0.15) is 33.4 Å². The molecule has 0 fully saturated rings. The van der Waals surface area contributed by atoms with Gasteiger partial charge in [-0.1, -0.05) is 72.8 Å². The smallest absolute Gasteiger partial charge is 0.0721 e. The first kappa shape index (κ1) is 17.9. The van der Waals surface area contributed by atoms with Gasteiger partial charge >= 0.3 is 0 Å². The lowest BCUT2D eigenvalue weighted by atomic mass is 10.1. The summed E-state index contributed by atoms with van der Waals surface area (Å²) in [5.74, 6) is 0. The summed E-state index contributed by atoms with van der Waals surface area (Å²) in [6, 6.07) is 25.2. The SMILES string of the molecule is c1cc2cc(c1)COCc1cccc(c1)COCc1cccc(c1)COC2. The molecule has 3 aromatic rings. The summed E-state index contributed by atoms with van der Waals surface area (Å²) in [5, 5.41) is 0. The van der Waals surface area contributed by atoms with Crippen molar-refractivity contribution in [3.05, 3.63) is 106 Å². The zero-order valence-electron chi connectivity index (χ0n) is 15.4. The second kappa shape index (κ2) is 8.96. The van der Waals surface area contributed by atoms with E-state index in [9.17, 15) is 0 Å². The van der Waals surface area contributed by atoms with Gasteiger partial charge in [-0.25, -0.2) is 0 Å². The highest BCUT2D eigenvalue weighted by molar-refractivity contribution is 5.25. The number of hydrogen-bond acceptors (Lipinski definition) is 3. The van der Waals surface area contributed by atoms with Crippen molar-refractivity contribution in [1.82, 2.24) is 0 Å². The van der Waals surface area contributed by atoms with E-state index in [0.717, 1.165) is 0 Å². The lowest BCUT2D eigenvalue weighted by Gasteiger charge is -2.11. The van der Waals surface area contributed by atoms with Gasteiger partial charge in [-0.3, -0.25) is 0 Å². The van der Waals surface area contributed by atoms with Crippen molar-refractivity contribution in [2.75, 3.05) is 0 Å². The topological polar surface area (TPSA) is 27.7 Å². The Morgan fingerprint density at radius 2 is 0.593 bits per heavy atom. The van der Waals surface area contributed by atoms with Gasteiger partial charge < -0.3 is 14.2 Å². The first-order valence-corrected chi connectivity index (χ1v) is 9.32. The van der Waals surface area contributed by atoms with Crippen molar-refractivity contribution in [2.45, 2.75) is 39.6 Å². The Morgan fingerprint density at radius 1 is 0.370 bits per heavy atom. The molecule has 0 saturated carbocycles. The lowest BCUT2D eigenvalue weighted by Crippen LogP contribution is -2.00. The van der Waals surface area contributed by atoms with Crippen LogP contribution in [-0.4, -0.2) is 0 Å². The van der Waals surface area contributed by atoms with Crippen LogP contribution in [0.2, 0.25) is 0 Å². The minimum Gasteiger partial charge on any atom is -0.372 e. The van der Waals surface area contributed by atoms with E-state index in [0.29, 0.717) is 39.6 Å². The fraction of sp³-hybridized carbons (Fsp3) is 0.250. The van der Waals surface area contributed by atoms with Gasteiger partial charge in [0.05, 0.1) is 39.6 Å². The Bertz CT molecular complexity index is 713. The molecule has 0 unspecified atom stereocenters. The van der Waals surface area contributed by atoms with Crippen LogP contribution in [0.3, 0.4) is 0 Å². The van der Waals surface area contributed by atoms with Crippen LogP contribution in [0.15, 0.2) is 72.8 Å². The molecule has 0 radical (unpaired) electrons. The van der Waals surface area contributed by atoms with E-state index in [-0.39, 0.29) is 0 Å². The molecule has 3 heteroatoms. The molecule has 0 aliphatic carbocycles. The normalized spacial score (nSPS) is 15.6. The molecule has 0 spiro atoms. The molecule has 1 aliphatic rings. The summed E-state index contributed by atoms with van der Waals surface area (Å²) in [5.41, 5.74) is 6.99. The van der Waals surface area contributed by atoms with Crippen LogP contribution >= 0.6 is 0 Å². The zero-order chi connectivity index (χ0) is 18.3. The van der Waals surface area contributed by atoms with Crippen LogP contribution in [0.25, 0.3) is 0 Å². The summed E-state index contributed by atoms with van der Waals surface area (Å²) >= 11 is 0. The highest BCUT2D eigenvalue weighted by Gasteiger charge is 2.03. The third kappa shape index (κ3) is 5.27. The van der Waals surface area contributed by atoms with Gasteiger partial charge in [0.25, 0.3) is 0 Å². The van der Waals surface area contributed by atoms with Gasteiger partial charge in [-0.15, -0.1) is 0 Å². The second-order valence-electron chi connectivity index (χ2n) is 6.94. The predicted octanol–water partition coefficient (Wildman–Crippen LogP) is 5.15. The van der Waals surface area contributed by atoms with Crippen LogP contribution in [-0.2, 0) is 53.9 Å². The largest absolute Gasteiger partial charge is 0.372 e. The quantitative estimate of drug-likeness (QED) is 0.555. The fourth-order valence-corrected chi connectivity index (χ4v) is 3.29. The Kier molecular flexibility index (Phi) is 5.95. The maximum atomic E-state index is 5.91. The molecule has 0 aromatic heterocycles. The van der Waals surface area contributed by atoms with E-state index in [2.05, 4.69) is 72.8 Å². The van der Waals surface area contributed by atoms with Crippen LogP contribution in [0.4, 0.5) is 0 Å². The first-order chi connectivity index (χ1) is 13.3. The van der Waals surface area contributed by atoms with Crippen molar-refractivity contribution in [1.29, 1.82) is 0 Å². The summed E-state index contributed by atoms with van der Waals surface area (Å²) < 4.78 is 17.7. The second-order valence-corrected chi connectivity index (χ2v) is 6.94. The molecule has 0 atom stereocenters. The standard InChI is InChI=1S/C24H24O3/c1-4-19-10-20(5-1)14-26-16-22-7-3-9-24(12-22)18-27-17-23-8-2-6-21(11-23)15-25-13-19/h1-12H,13-18H2. The van der Waals surface area contributed by atoms with E-state index >= 15 is 0 Å². The number of ether oxygens (including phenoxy) is 3.